The summed E-state index contributed by atoms with van der Waals surface area (Å²) in [5.74, 6) is 0.711. The largest absolute Gasteiger partial charge is 0.383 e. The Morgan fingerprint density at radius 2 is 2.13 bits per heavy atom. The van der Waals surface area contributed by atoms with Crippen molar-refractivity contribution in [2.75, 3.05) is 20.3 Å². The van der Waals surface area contributed by atoms with Crippen molar-refractivity contribution in [3.05, 3.63) is 33.0 Å². The summed E-state index contributed by atoms with van der Waals surface area (Å²) in [7, 11) is 3.78. The number of ether oxygens (including phenoxy) is 1. The van der Waals surface area contributed by atoms with E-state index in [1.54, 1.807) is 18.4 Å². The first kappa shape index (κ1) is 16.6. The Balaban J connectivity index is 1.75. The molecule has 0 amide bonds. The minimum absolute atomic E-state index is 0.711. The normalized spacial score (nSPS) is 14.8. The van der Waals surface area contributed by atoms with Gasteiger partial charge >= 0.3 is 0 Å². The first-order chi connectivity index (χ1) is 11.1. The second-order valence-corrected chi connectivity index (χ2v) is 7.35. The van der Waals surface area contributed by atoms with Gasteiger partial charge in [0.2, 0.25) is 0 Å². The van der Waals surface area contributed by atoms with Gasteiger partial charge in [-0.2, -0.15) is 5.10 Å². The van der Waals surface area contributed by atoms with E-state index < -0.39 is 0 Å². The van der Waals surface area contributed by atoms with E-state index in [2.05, 4.69) is 28.8 Å². The number of aromatic nitrogens is 3. The highest BCUT2D eigenvalue weighted by molar-refractivity contribution is 7.09. The minimum Gasteiger partial charge on any atom is -0.383 e. The number of aryl methyl sites for hydroxylation is 2. The molecule has 1 aliphatic rings. The Morgan fingerprint density at radius 3 is 2.74 bits per heavy atom. The molecule has 0 atom stereocenters. The summed E-state index contributed by atoms with van der Waals surface area (Å²) in [6, 6.07) is 0. The molecule has 1 aliphatic carbocycles. The lowest BCUT2D eigenvalue weighted by Gasteiger charge is -2.22. The molecule has 1 fully saturated rings. The molecular formula is C17H26N4OS. The number of thiazole rings is 1. The number of hydrogen-bond acceptors (Lipinski definition) is 5. The first-order valence-electron chi connectivity index (χ1n) is 8.22. The van der Waals surface area contributed by atoms with E-state index in [1.165, 1.54) is 34.7 Å². The van der Waals surface area contributed by atoms with Crippen molar-refractivity contribution >= 4 is 11.3 Å². The van der Waals surface area contributed by atoms with E-state index in [9.17, 15) is 0 Å². The van der Waals surface area contributed by atoms with Crippen LogP contribution in [0.3, 0.4) is 0 Å². The Bertz CT molecular complexity index is 660. The van der Waals surface area contributed by atoms with Crippen molar-refractivity contribution in [2.24, 2.45) is 7.05 Å². The van der Waals surface area contributed by atoms with Crippen molar-refractivity contribution in [2.45, 2.75) is 45.7 Å². The van der Waals surface area contributed by atoms with Gasteiger partial charge in [-0.25, -0.2) is 4.98 Å². The van der Waals surface area contributed by atoms with E-state index >= 15 is 0 Å². The van der Waals surface area contributed by atoms with E-state index in [0.29, 0.717) is 5.92 Å². The van der Waals surface area contributed by atoms with E-state index in [0.717, 1.165) is 31.9 Å². The van der Waals surface area contributed by atoms with Gasteiger partial charge in [-0.1, -0.05) is 0 Å². The van der Waals surface area contributed by atoms with Gasteiger partial charge in [0, 0.05) is 55.8 Å². The highest BCUT2D eigenvalue weighted by Gasteiger charge is 2.29. The highest BCUT2D eigenvalue weighted by Crippen LogP contribution is 2.42. The predicted molar refractivity (Wildman–Crippen MR) is 92.8 cm³/mol. The van der Waals surface area contributed by atoms with Gasteiger partial charge in [0.15, 0.2) is 0 Å². The molecule has 0 radical (unpaired) electrons. The SMILES string of the molecule is COCCN(Cc1scnc1C1CC1)Cc1c(C)nn(C)c1C. The van der Waals surface area contributed by atoms with Crippen molar-refractivity contribution in [1.82, 2.24) is 19.7 Å². The van der Waals surface area contributed by atoms with E-state index in [-0.39, 0.29) is 0 Å². The van der Waals surface area contributed by atoms with Gasteiger partial charge in [-0.05, 0) is 26.7 Å². The average Bonchev–Trinajstić information content (AvgIpc) is 3.22. The standard InChI is InChI=1S/C17H26N4OS/c1-12-15(13(2)20(3)19-12)9-21(7-8-22-4)10-16-17(14-5-6-14)18-11-23-16/h11,14H,5-10H2,1-4H3. The van der Waals surface area contributed by atoms with Crippen molar-refractivity contribution in [3.63, 3.8) is 0 Å². The quantitative estimate of drug-likeness (QED) is 0.744. The van der Waals surface area contributed by atoms with Crippen LogP contribution in [0, 0.1) is 13.8 Å². The lowest BCUT2D eigenvalue weighted by atomic mass is 10.1. The summed E-state index contributed by atoms with van der Waals surface area (Å²) in [6.45, 7) is 7.78. The highest BCUT2D eigenvalue weighted by atomic mass is 32.1. The van der Waals surface area contributed by atoms with Crippen LogP contribution in [-0.4, -0.2) is 39.9 Å². The third-order valence-corrected chi connectivity index (χ3v) is 5.49. The predicted octanol–water partition coefficient (Wildman–Crippen LogP) is 3.02. The molecule has 0 aromatic carbocycles. The fraction of sp³-hybridized carbons (Fsp3) is 0.647. The first-order valence-corrected chi connectivity index (χ1v) is 9.10. The third kappa shape index (κ3) is 3.82. The summed E-state index contributed by atoms with van der Waals surface area (Å²) in [5.41, 5.74) is 7.03. The summed E-state index contributed by atoms with van der Waals surface area (Å²) >= 11 is 1.79. The number of hydrogen-bond donors (Lipinski definition) is 0. The van der Waals surface area contributed by atoms with Gasteiger partial charge in [0.05, 0.1) is 23.5 Å². The van der Waals surface area contributed by atoms with Crippen molar-refractivity contribution in [3.8, 4) is 0 Å². The second kappa shape index (κ2) is 7.11. The summed E-state index contributed by atoms with van der Waals surface area (Å²) in [6.07, 6.45) is 2.60. The van der Waals surface area contributed by atoms with Crippen LogP contribution < -0.4 is 0 Å². The minimum atomic E-state index is 0.711. The summed E-state index contributed by atoms with van der Waals surface area (Å²) < 4.78 is 7.28. The second-order valence-electron chi connectivity index (χ2n) is 6.41. The van der Waals surface area contributed by atoms with Gasteiger partial charge in [0.25, 0.3) is 0 Å². The zero-order valence-corrected chi connectivity index (χ0v) is 15.3. The Labute approximate surface area is 142 Å². The van der Waals surface area contributed by atoms with Gasteiger partial charge in [-0.15, -0.1) is 11.3 Å². The molecule has 1 saturated carbocycles. The third-order valence-electron chi connectivity index (χ3n) is 4.66. The van der Waals surface area contributed by atoms with Crippen molar-refractivity contribution in [1.29, 1.82) is 0 Å². The van der Waals surface area contributed by atoms with Gasteiger partial charge in [0.1, 0.15) is 0 Å². The van der Waals surface area contributed by atoms with E-state index in [4.69, 9.17) is 4.74 Å². The number of methoxy groups -OCH3 is 1. The Morgan fingerprint density at radius 1 is 1.35 bits per heavy atom. The smallest absolute Gasteiger partial charge is 0.0798 e. The van der Waals surface area contributed by atoms with Crippen LogP contribution in [0.15, 0.2) is 5.51 Å². The van der Waals surface area contributed by atoms with Crippen LogP contribution in [0.25, 0.3) is 0 Å². The summed E-state index contributed by atoms with van der Waals surface area (Å²) in [5, 5.41) is 4.55. The zero-order valence-electron chi connectivity index (χ0n) is 14.5. The molecule has 5 nitrogen and oxygen atoms in total. The molecule has 23 heavy (non-hydrogen) atoms. The van der Waals surface area contributed by atoms with Crippen LogP contribution in [0.5, 0.6) is 0 Å². The molecule has 6 heteroatoms. The van der Waals surface area contributed by atoms with Gasteiger partial charge < -0.3 is 4.74 Å². The maximum atomic E-state index is 5.31. The van der Waals surface area contributed by atoms with Gasteiger partial charge in [-0.3, -0.25) is 9.58 Å². The van der Waals surface area contributed by atoms with Crippen LogP contribution in [0.1, 0.15) is 46.3 Å². The van der Waals surface area contributed by atoms with Crippen LogP contribution in [-0.2, 0) is 24.9 Å². The zero-order chi connectivity index (χ0) is 16.4. The maximum Gasteiger partial charge on any atom is 0.0798 e. The Kier molecular flexibility index (Phi) is 5.14. The van der Waals surface area contributed by atoms with E-state index in [1.807, 2.05) is 17.2 Å². The lowest BCUT2D eigenvalue weighted by molar-refractivity contribution is 0.140. The molecule has 2 aromatic heterocycles. The molecular weight excluding hydrogens is 308 g/mol. The molecule has 0 N–H and O–H groups in total. The average molecular weight is 334 g/mol. The molecule has 0 unspecified atom stereocenters. The molecule has 0 spiro atoms. The molecule has 0 saturated heterocycles. The number of rotatable bonds is 8. The Hall–Kier alpha value is -1.24. The van der Waals surface area contributed by atoms with Crippen LogP contribution in [0.2, 0.25) is 0 Å². The van der Waals surface area contributed by atoms with Crippen LogP contribution >= 0.6 is 11.3 Å². The number of nitrogens with zero attached hydrogens (tertiary/aromatic N) is 4. The fourth-order valence-electron chi connectivity index (χ4n) is 2.99. The monoisotopic (exact) mass is 334 g/mol. The molecule has 0 aliphatic heterocycles. The molecule has 3 rings (SSSR count). The molecule has 0 bridgehead atoms. The lowest BCUT2D eigenvalue weighted by Crippen LogP contribution is -2.27. The van der Waals surface area contributed by atoms with Crippen molar-refractivity contribution < 1.29 is 4.74 Å². The summed E-state index contributed by atoms with van der Waals surface area (Å²) in [4.78, 5) is 8.48. The maximum absolute atomic E-state index is 5.31. The molecule has 2 heterocycles. The molecule has 126 valence electrons. The topological polar surface area (TPSA) is 43.2 Å². The fourth-order valence-corrected chi connectivity index (χ4v) is 3.89. The molecule has 2 aromatic rings. The van der Waals surface area contributed by atoms with Crippen LogP contribution in [0.4, 0.5) is 0 Å².